The van der Waals surface area contributed by atoms with E-state index in [1.165, 1.54) is 44.2 Å². The Balaban J connectivity index is 1.61. The zero-order chi connectivity index (χ0) is 14.9. The average molecular weight is 295 g/mol. The van der Waals surface area contributed by atoms with Gasteiger partial charge in [-0.25, -0.2) is 4.39 Å². The standard InChI is InChI=1S/C16H22FNO3/c17-13-6-12(15-9-16(18,19)21-15)7-14(8-13)20-10-11-4-2-1-3-5-11/h6-8,11,15,19H,1-5,9-10,18H2. The molecule has 2 unspecified atom stereocenters. The Morgan fingerprint density at radius 3 is 2.67 bits per heavy atom. The third-order valence-corrected chi connectivity index (χ3v) is 4.30. The Labute approximate surface area is 124 Å². The molecule has 2 fully saturated rings. The van der Waals surface area contributed by atoms with E-state index in [0.29, 0.717) is 23.8 Å². The molecule has 4 nitrogen and oxygen atoms in total. The highest BCUT2D eigenvalue weighted by Gasteiger charge is 2.41. The molecule has 0 spiro atoms. The summed E-state index contributed by atoms with van der Waals surface area (Å²) in [5.74, 6) is -0.853. The van der Waals surface area contributed by atoms with Crippen molar-refractivity contribution in [3.63, 3.8) is 0 Å². The van der Waals surface area contributed by atoms with E-state index in [1.807, 2.05) is 0 Å². The van der Waals surface area contributed by atoms with Crippen molar-refractivity contribution in [2.45, 2.75) is 50.5 Å². The van der Waals surface area contributed by atoms with E-state index in [-0.39, 0.29) is 18.3 Å². The molecule has 1 aliphatic carbocycles. The Hall–Kier alpha value is -1.17. The van der Waals surface area contributed by atoms with Crippen LogP contribution in [0.4, 0.5) is 4.39 Å². The van der Waals surface area contributed by atoms with Crippen molar-refractivity contribution in [1.82, 2.24) is 0 Å². The molecule has 1 aromatic carbocycles. The first kappa shape index (κ1) is 14.8. The second kappa shape index (κ2) is 5.91. The summed E-state index contributed by atoms with van der Waals surface area (Å²) in [6.07, 6.45) is 6.09. The number of ether oxygens (including phenoxy) is 2. The lowest BCUT2D eigenvalue weighted by molar-refractivity contribution is -0.321. The van der Waals surface area contributed by atoms with Gasteiger partial charge in [0.15, 0.2) is 0 Å². The van der Waals surface area contributed by atoms with Gasteiger partial charge < -0.3 is 14.6 Å². The molecule has 3 N–H and O–H groups in total. The molecular weight excluding hydrogens is 273 g/mol. The van der Waals surface area contributed by atoms with Gasteiger partial charge in [0.1, 0.15) is 11.6 Å². The molecular formula is C16H22FNO3. The van der Waals surface area contributed by atoms with E-state index in [0.717, 1.165) is 0 Å². The highest BCUT2D eigenvalue weighted by Crippen LogP contribution is 2.39. The van der Waals surface area contributed by atoms with E-state index in [2.05, 4.69) is 0 Å². The summed E-state index contributed by atoms with van der Waals surface area (Å²) in [5.41, 5.74) is 6.05. The van der Waals surface area contributed by atoms with E-state index < -0.39 is 5.91 Å². The van der Waals surface area contributed by atoms with Gasteiger partial charge in [0.05, 0.1) is 12.7 Å². The molecule has 1 saturated heterocycles. The van der Waals surface area contributed by atoms with Crippen molar-refractivity contribution in [2.24, 2.45) is 11.7 Å². The van der Waals surface area contributed by atoms with Crippen LogP contribution < -0.4 is 10.5 Å². The number of hydrogen-bond acceptors (Lipinski definition) is 4. The monoisotopic (exact) mass is 295 g/mol. The molecule has 3 rings (SSSR count). The molecule has 2 atom stereocenters. The van der Waals surface area contributed by atoms with E-state index in [9.17, 15) is 9.50 Å². The van der Waals surface area contributed by atoms with Crippen molar-refractivity contribution in [3.05, 3.63) is 29.6 Å². The number of hydrogen-bond donors (Lipinski definition) is 2. The lowest BCUT2D eigenvalue weighted by Crippen LogP contribution is -2.53. The van der Waals surface area contributed by atoms with Crippen LogP contribution >= 0.6 is 0 Å². The van der Waals surface area contributed by atoms with Gasteiger partial charge in [-0.05, 0) is 36.5 Å². The number of aliphatic hydroxyl groups is 1. The maximum atomic E-state index is 13.7. The number of nitrogens with two attached hydrogens (primary N) is 1. The van der Waals surface area contributed by atoms with Crippen molar-refractivity contribution in [3.8, 4) is 5.75 Å². The van der Waals surface area contributed by atoms with Crippen molar-refractivity contribution < 1.29 is 19.0 Å². The van der Waals surface area contributed by atoms with Crippen molar-refractivity contribution in [1.29, 1.82) is 0 Å². The largest absolute Gasteiger partial charge is 0.493 e. The maximum absolute atomic E-state index is 13.7. The summed E-state index contributed by atoms with van der Waals surface area (Å²) >= 11 is 0. The fourth-order valence-electron chi connectivity index (χ4n) is 3.11. The summed E-state index contributed by atoms with van der Waals surface area (Å²) in [6, 6.07) is 4.55. The minimum atomic E-state index is -1.58. The predicted octanol–water partition coefficient (Wildman–Crippen LogP) is 2.85. The second-order valence-corrected chi connectivity index (χ2v) is 6.19. The molecule has 1 aromatic rings. The molecule has 1 heterocycles. The Morgan fingerprint density at radius 1 is 1.29 bits per heavy atom. The summed E-state index contributed by atoms with van der Waals surface area (Å²) < 4.78 is 24.6. The molecule has 1 saturated carbocycles. The number of halogens is 1. The average Bonchev–Trinajstić information content (AvgIpc) is 2.43. The lowest BCUT2D eigenvalue weighted by Gasteiger charge is -2.40. The van der Waals surface area contributed by atoms with Crippen LogP contribution in [0, 0.1) is 11.7 Å². The third kappa shape index (κ3) is 3.73. The SMILES string of the molecule is NC1(O)CC(c2cc(F)cc(OCC3CCCCC3)c2)O1. The van der Waals surface area contributed by atoms with Gasteiger partial charge in [0.2, 0.25) is 5.91 Å². The van der Waals surface area contributed by atoms with Gasteiger partial charge >= 0.3 is 0 Å². The zero-order valence-electron chi connectivity index (χ0n) is 12.1. The minimum Gasteiger partial charge on any atom is -0.493 e. The Bertz CT molecular complexity index is 492. The van der Waals surface area contributed by atoms with Crippen LogP contribution in [-0.4, -0.2) is 17.6 Å². The van der Waals surface area contributed by atoms with Gasteiger partial charge in [-0.15, -0.1) is 0 Å². The molecule has 1 aliphatic heterocycles. The molecule has 21 heavy (non-hydrogen) atoms. The first-order chi connectivity index (χ1) is 10.0. The van der Waals surface area contributed by atoms with Crippen LogP contribution in [0.15, 0.2) is 18.2 Å². The molecule has 116 valence electrons. The number of rotatable bonds is 4. The molecule has 0 radical (unpaired) electrons. The second-order valence-electron chi connectivity index (χ2n) is 6.19. The van der Waals surface area contributed by atoms with Crippen LogP contribution in [0.1, 0.15) is 50.2 Å². The van der Waals surface area contributed by atoms with Crippen molar-refractivity contribution >= 4 is 0 Å². The fourth-order valence-corrected chi connectivity index (χ4v) is 3.11. The highest BCUT2D eigenvalue weighted by atomic mass is 19.1. The smallest absolute Gasteiger partial charge is 0.225 e. The summed E-state index contributed by atoms with van der Waals surface area (Å²) in [4.78, 5) is 0. The van der Waals surface area contributed by atoms with Crippen molar-refractivity contribution in [2.75, 3.05) is 6.61 Å². The van der Waals surface area contributed by atoms with Crippen LogP contribution in [-0.2, 0) is 4.74 Å². The quantitative estimate of drug-likeness (QED) is 0.838. The van der Waals surface area contributed by atoms with Gasteiger partial charge in [0.25, 0.3) is 0 Å². The minimum absolute atomic E-state index is 0.262. The molecule has 0 bridgehead atoms. The van der Waals surface area contributed by atoms with Crippen LogP contribution in [0.25, 0.3) is 0 Å². The van der Waals surface area contributed by atoms with E-state index in [1.54, 1.807) is 6.07 Å². The van der Waals surface area contributed by atoms with Crippen LogP contribution in [0.3, 0.4) is 0 Å². The molecule has 0 amide bonds. The summed E-state index contributed by atoms with van der Waals surface area (Å²) in [7, 11) is 0. The van der Waals surface area contributed by atoms with Gasteiger partial charge in [-0.3, -0.25) is 5.73 Å². The first-order valence-electron chi connectivity index (χ1n) is 7.64. The predicted molar refractivity (Wildman–Crippen MR) is 76.1 cm³/mol. The van der Waals surface area contributed by atoms with Gasteiger partial charge in [-0.1, -0.05) is 19.3 Å². The normalized spacial score (nSPS) is 30.0. The Kier molecular flexibility index (Phi) is 4.15. The zero-order valence-corrected chi connectivity index (χ0v) is 12.1. The van der Waals surface area contributed by atoms with E-state index in [4.69, 9.17) is 15.2 Å². The molecule has 5 heteroatoms. The molecule has 0 aromatic heterocycles. The first-order valence-corrected chi connectivity index (χ1v) is 7.64. The third-order valence-electron chi connectivity index (χ3n) is 4.30. The summed E-state index contributed by atoms with van der Waals surface area (Å²) in [6.45, 7) is 0.634. The lowest BCUT2D eigenvalue weighted by atomic mass is 9.90. The Morgan fingerprint density at radius 2 is 2.00 bits per heavy atom. The molecule has 2 aliphatic rings. The van der Waals surface area contributed by atoms with E-state index >= 15 is 0 Å². The summed E-state index contributed by atoms with van der Waals surface area (Å²) in [5, 5.41) is 9.39. The maximum Gasteiger partial charge on any atom is 0.225 e. The van der Waals surface area contributed by atoms with Gasteiger partial charge in [0, 0.05) is 12.5 Å². The number of benzene rings is 1. The van der Waals surface area contributed by atoms with Gasteiger partial charge in [-0.2, -0.15) is 0 Å². The van der Waals surface area contributed by atoms with Crippen LogP contribution in [0.5, 0.6) is 5.75 Å². The van der Waals surface area contributed by atoms with Crippen LogP contribution in [0.2, 0.25) is 0 Å². The highest BCUT2D eigenvalue weighted by molar-refractivity contribution is 5.32. The fraction of sp³-hybridized carbons (Fsp3) is 0.625. The topological polar surface area (TPSA) is 64.7 Å².